The lowest BCUT2D eigenvalue weighted by Crippen LogP contribution is -2.38. The number of nitrogens with zero attached hydrogens (tertiary/aromatic N) is 1. The summed E-state index contributed by atoms with van der Waals surface area (Å²) in [5.74, 6) is 2.41. The monoisotopic (exact) mass is 262 g/mol. The fraction of sp³-hybridized carbons (Fsp3) is 0.625. The van der Waals surface area contributed by atoms with Crippen LogP contribution in [0, 0.1) is 11.8 Å². The highest BCUT2D eigenvalue weighted by Crippen LogP contribution is 2.36. The highest BCUT2D eigenvalue weighted by Gasteiger charge is 2.34. The first-order valence-electron chi connectivity index (χ1n) is 7.17. The van der Waals surface area contributed by atoms with Gasteiger partial charge in [0.05, 0.1) is 13.2 Å². The van der Waals surface area contributed by atoms with Gasteiger partial charge >= 0.3 is 0 Å². The number of likely N-dealkylation sites (tertiary alicyclic amines) is 1. The fourth-order valence-corrected chi connectivity index (χ4v) is 3.12. The molecule has 0 saturated carbocycles. The van der Waals surface area contributed by atoms with Crippen molar-refractivity contribution in [3.05, 3.63) is 29.8 Å². The number of hydrogen-bond acceptors (Lipinski definition) is 3. The lowest BCUT2D eigenvalue weighted by Gasteiger charge is -2.32. The zero-order chi connectivity index (χ0) is 14.0. The van der Waals surface area contributed by atoms with E-state index >= 15 is 0 Å². The molecular weight excluding hydrogens is 236 g/mol. The van der Waals surface area contributed by atoms with Crippen LogP contribution in [0.2, 0.25) is 0 Å². The number of benzene rings is 1. The minimum absolute atomic E-state index is 0.0915. The van der Waals surface area contributed by atoms with Gasteiger partial charge in [-0.25, -0.2) is 0 Å². The van der Waals surface area contributed by atoms with Crippen molar-refractivity contribution < 1.29 is 4.74 Å². The maximum Gasteiger partial charge on any atom is 0.123 e. The van der Waals surface area contributed by atoms with Crippen LogP contribution in [0.4, 0.5) is 0 Å². The normalized spacial score (nSPS) is 27.2. The van der Waals surface area contributed by atoms with Crippen LogP contribution in [0.1, 0.15) is 32.4 Å². The molecule has 2 N–H and O–H groups in total. The third-order valence-corrected chi connectivity index (χ3v) is 4.37. The zero-order valence-electron chi connectivity index (χ0n) is 12.5. The Morgan fingerprint density at radius 1 is 1.21 bits per heavy atom. The molecule has 0 bridgehead atoms. The van der Waals surface area contributed by atoms with Crippen molar-refractivity contribution in [1.29, 1.82) is 0 Å². The lowest BCUT2D eigenvalue weighted by atomic mass is 9.98. The average Bonchev–Trinajstić information content (AvgIpc) is 2.69. The Balaban J connectivity index is 2.30. The van der Waals surface area contributed by atoms with Crippen molar-refractivity contribution in [1.82, 2.24) is 4.90 Å². The van der Waals surface area contributed by atoms with E-state index < -0.39 is 0 Å². The number of nitrogens with two attached hydrogens (primary N) is 1. The molecule has 106 valence electrons. The van der Waals surface area contributed by atoms with Gasteiger partial charge in [0.25, 0.3) is 0 Å². The van der Waals surface area contributed by atoms with Crippen LogP contribution < -0.4 is 10.5 Å². The summed E-state index contributed by atoms with van der Waals surface area (Å²) in [5.41, 5.74) is 7.48. The molecule has 0 amide bonds. The highest BCUT2D eigenvalue weighted by atomic mass is 16.5. The SMILES string of the molecule is COc1ccccc1C(C(C)N)N1CC(C)C(C)C1. The first-order valence-corrected chi connectivity index (χ1v) is 7.17. The summed E-state index contributed by atoms with van der Waals surface area (Å²) in [7, 11) is 1.73. The van der Waals surface area contributed by atoms with E-state index in [0.717, 1.165) is 30.7 Å². The number of rotatable bonds is 4. The molecule has 19 heavy (non-hydrogen) atoms. The van der Waals surface area contributed by atoms with Gasteiger partial charge < -0.3 is 10.5 Å². The molecule has 1 fully saturated rings. The summed E-state index contributed by atoms with van der Waals surface area (Å²) in [6, 6.07) is 8.57. The van der Waals surface area contributed by atoms with Gasteiger partial charge in [-0.15, -0.1) is 0 Å². The molecule has 1 aliphatic heterocycles. The zero-order valence-corrected chi connectivity index (χ0v) is 12.5. The van der Waals surface area contributed by atoms with Crippen molar-refractivity contribution in [2.75, 3.05) is 20.2 Å². The van der Waals surface area contributed by atoms with Gasteiger partial charge in [-0.2, -0.15) is 0 Å². The van der Waals surface area contributed by atoms with Crippen LogP contribution in [-0.4, -0.2) is 31.1 Å². The second-order valence-electron chi connectivity index (χ2n) is 5.95. The number of ether oxygens (including phenoxy) is 1. The van der Waals surface area contributed by atoms with Crippen LogP contribution in [-0.2, 0) is 0 Å². The van der Waals surface area contributed by atoms with Gasteiger partial charge in [0.15, 0.2) is 0 Å². The first-order chi connectivity index (χ1) is 9.04. The fourth-order valence-electron chi connectivity index (χ4n) is 3.12. The second kappa shape index (κ2) is 5.93. The molecule has 1 aliphatic rings. The second-order valence-corrected chi connectivity index (χ2v) is 5.95. The Labute approximate surface area is 116 Å². The summed E-state index contributed by atoms with van der Waals surface area (Å²) in [5, 5.41) is 0. The van der Waals surface area contributed by atoms with E-state index in [1.54, 1.807) is 7.11 Å². The van der Waals surface area contributed by atoms with Crippen LogP contribution in [0.3, 0.4) is 0 Å². The summed E-state index contributed by atoms with van der Waals surface area (Å²) in [4.78, 5) is 2.51. The van der Waals surface area contributed by atoms with Crippen LogP contribution in [0.25, 0.3) is 0 Å². The topological polar surface area (TPSA) is 38.5 Å². The van der Waals surface area contributed by atoms with E-state index in [4.69, 9.17) is 10.5 Å². The Morgan fingerprint density at radius 3 is 2.32 bits per heavy atom. The van der Waals surface area contributed by atoms with Crippen molar-refractivity contribution in [2.45, 2.75) is 32.9 Å². The molecule has 3 nitrogen and oxygen atoms in total. The van der Waals surface area contributed by atoms with Crippen molar-refractivity contribution in [3.8, 4) is 5.75 Å². The van der Waals surface area contributed by atoms with Gasteiger partial charge in [0.1, 0.15) is 5.75 Å². The van der Waals surface area contributed by atoms with Gasteiger partial charge in [-0.3, -0.25) is 4.90 Å². The summed E-state index contributed by atoms with van der Waals surface area (Å²) < 4.78 is 5.51. The Hall–Kier alpha value is -1.06. The van der Waals surface area contributed by atoms with Crippen molar-refractivity contribution >= 4 is 0 Å². The first kappa shape index (κ1) is 14.4. The van der Waals surface area contributed by atoms with Gasteiger partial charge in [-0.1, -0.05) is 32.0 Å². The number of methoxy groups -OCH3 is 1. The predicted molar refractivity (Wildman–Crippen MR) is 79.3 cm³/mol. The Morgan fingerprint density at radius 2 is 1.79 bits per heavy atom. The Bertz CT molecular complexity index is 409. The third-order valence-electron chi connectivity index (χ3n) is 4.37. The van der Waals surface area contributed by atoms with Gasteiger partial charge in [0.2, 0.25) is 0 Å². The van der Waals surface area contributed by atoms with Crippen molar-refractivity contribution in [3.63, 3.8) is 0 Å². The largest absolute Gasteiger partial charge is 0.496 e. The molecule has 0 aromatic heterocycles. The molecule has 4 atom stereocenters. The van der Waals surface area contributed by atoms with Crippen molar-refractivity contribution in [2.24, 2.45) is 17.6 Å². The maximum atomic E-state index is 6.27. The van der Waals surface area contributed by atoms with Crippen LogP contribution >= 0.6 is 0 Å². The van der Waals surface area contributed by atoms with Crippen LogP contribution in [0.5, 0.6) is 5.75 Å². The minimum atomic E-state index is 0.0915. The van der Waals surface area contributed by atoms with E-state index in [9.17, 15) is 0 Å². The van der Waals surface area contributed by atoms with E-state index in [0.29, 0.717) is 0 Å². The molecule has 1 saturated heterocycles. The molecule has 2 rings (SSSR count). The molecule has 1 aromatic carbocycles. The number of para-hydroxylation sites is 1. The molecule has 0 aliphatic carbocycles. The third kappa shape index (κ3) is 2.93. The lowest BCUT2D eigenvalue weighted by molar-refractivity contribution is 0.205. The quantitative estimate of drug-likeness (QED) is 0.906. The molecule has 3 heteroatoms. The molecule has 4 unspecified atom stereocenters. The van der Waals surface area contributed by atoms with Crippen LogP contribution in [0.15, 0.2) is 24.3 Å². The smallest absolute Gasteiger partial charge is 0.123 e. The van der Waals surface area contributed by atoms with E-state index in [-0.39, 0.29) is 12.1 Å². The number of hydrogen-bond donors (Lipinski definition) is 1. The minimum Gasteiger partial charge on any atom is -0.496 e. The molecule has 1 heterocycles. The Kier molecular flexibility index (Phi) is 4.48. The molecule has 1 aromatic rings. The highest BCUT2D eigenvalue weighted by molar-refractivity contribution is 5.37. The van der Waals surface area contributed by atoms with E-state index in [1.807, 2.05) is 12.1 Å². The molecule has 0 spiro atoms. The predicted octanol–water partition coefficient (Wildman–Crippen LogP) is 2.67. The van der Waals surface area contributed by atoms with Gasteiger partial charge in [-0.05, 0) is 24.8 Å². The summed E-state index contributed by atoms with van der Waals surface area (Å²) in [6.45, 7) is 8.97. The standard InChI is InChI=1S/C16H26N2O/c1-11-9-18(10-12(11)2)16(13(3)17)14-7-5-6-8-15(14)19-4/h5-8,11-13,16H,9-10,17H2,1-4H3. The van der Waals surface area contributed by atoms with Gasteiger partial charge in [0, 0.05) is 24.7 Å². The summed E-state index contributed by atoms with van der Waals surface area (Å²) in [6.07, 6.45) is 0. The van der Waals surface area contributed by atoms with E-state index in [2.05, 4.69) is 37.8 Å². The van der Waals surface area contributed by atoms with E-state index in [1.165, 1.54) is 5.56 Å². The molecule has 0 radical (unpaired) electrons. The summed E-state index contributed by atoms with van der Waals surface area (Å²) >= 11 is 0. The molecular formula is C16H26N2O. The average molecular weight is 262 g/mol. The maximum absolute atomic E-state index is 6.27.